The molecule has 0 unspecified atom stereocenters. The second-order valence-corrected chi connectivity index (χ2v) is 8.98. The smallest absolute Gasteiger partial charge is 0.378 e. The zero-order chi connectivity index (χ0) is 27.4. The van der Waals surface area contributed by atoms with Crippen molar-refractivity contribution in [2.75, 3.05) is 41.8 Å². The van der Waals surface area contributed by atoms with E-state index in [0.29, 0.717) is 55.0 Å². The van der Waals surface area contributed by atoms with Crippen LogP contribution < -0.4 is 15.5 Å². The standard InChI is InChI=1S/C28H25F3N6O2/c1-18-4-5-22(16-25(18)36-27-33-8-6-24(35-27)19-3-2-7-32-17-19)34-26(38)20-13-21(28(29,30)31)15-23(14-20)37-9-11-39-12-10-37/h2-8,13-17H,9-12H2,1H3,(H,34,38)(H,33,35,36). The van der Waals surface area contributed by atoms with Crippen LogP contribution in [0.3, 0.4) is 0 Å². The summed E-state index contributed by atoms with van der Waals surface area (Å²) in [7, 11) is 0. The molecule has 4 aromatic rings. The Hall–Kier alpha value is -4.51. The van der Waals surface area contributed by atoms with Crippen LogP contribution in [0.15, 0.2) is 73.2 Å². The number of halogens is 3. The number of aromatic nitrogens is 3. The Balaban J connectivity index is 1.38. The summed E-state index contributed by atoms with van der Waals surface area (Å²) < 4.78 is 46.3. The molecule has 39 heavy (non-hydrogen) atoms. The largest absolute Gasteiger partial charge is 0.416 e. The van der Waals surface area contributed by atoms with Gasteiger partial charge >= 0.3 is 6.18 Å². The predicted molar refractivity (Wildman–Crippen MR) is 142 cm³/mol. The molecule has 1 saturated heterocycles. The maximum absolute atomic E-state index is 13.6. The molecule has 0 atom stereocenters. The van der Waals surface area contributed by atoms with Gasteiger partial charge in [0.1, 0.15) is 0 Å². The van der Waals surface area contributed by atoms with Crippen LogP contribution >= 0.6 is 0 Å². The molecule has 8 nitrogen and oxygen atoms in total. The fraction of sp³-hybridized carbons (Fsp3) is 0.214. The van der Waals surface area contributed by atoms with Crippen LogP contribution in [0.1, 0.15) is 21.5 Å². The van der Waals surface area contributed by atoms with Gasteiger partial charge in [-0.3, -0.25) is 9.78 Å². The summed E-state index contributed by atoms with van der Waals surface area (Å²) in [5.74, 6) is -0.309. The molecule has 1 aliphatic heterocycles. The molecule has 200 valence electrons. The minimum Gasteiger partial charge on any atom is -0.378 e. The van der Waals surface area contributed by atoms with Gasteiger partial charge in [-0.1, -0.05) is 6.07 Å². The lowest BCUT2D eigenvalue weighted by molar-refractivity contribution is -0.137. The van der Waals surface area contributed by atoms with Gasteiger partial charge < -0.3 is 20.3 Å². The lowest BCUT2D eigenvalue weighted by atomic mass is 10.1. The number of hydrogen-bond donors (Lipinski definition) is 2. The molecule has 0 radical (unpaired) electrons. The molecule has 2 N–H and O–H groups in total. The minimum absolute atomic E-state index is 0.0890. The second kappa shape index (κ2) is 11.1. The number of pyridine rings is 1. The second-order valence-electron chi connectivity index (χ2n) is 8.98. The van der Waals surface area contributed by atoms with Gasteiger partial charge in [0.2, 0.25) is 5.95 Å². The Bertz CT molecular complexity index is 1470. The van der Waals surface area contributed by atoms with Crippen molar-refractivity contribution in [3.63, 3.8) is 0 Å². The van der Waals surface area contributed by atoms with E-state index in [4.69, 9.17) is 4.74 Å². The van der Waals surface area contributed by atoms with E-state index in [9.17, 15) is 18.0 Å². The molecular weight excluding hydrogens is 509 g/mol. The third-order valence-corrected chi connectivity index (χ3v) is 6.24. The van der Waals surface area contributed by atoms with Crippen LogP contribution in [0.25, 0.3) is 11.3 Å². The highest BCUT2D eigenvalue weighted by Crippen LogP contribution is 2.34. The van der Waals surface area contributed by atoms with E-state index < -0.39 is 17.6 Å². The summed E-state index contributed by atoms with van der Waals surface area (Å²) in [4.78, 5) is 27.8. The lowest BCUT2D eigenvalue weighted by Gasteiger charge is -2.29. The molecule has 5 rings (SSSR count). The average molecular weight is 535 g/mol. The van der Waals surface area contributed by atoms with Crippen LogP contribution in [0, 0.1) is 6.92 Å². The quantitative estimate of drug-likeness (QED) is 0.328. The highest BCUT2D eigenvalue weighted by molar-refractivity contribution is 6.05. The Kier molecular flexibility index (Phi) is 7.42. The van der Waals surface area contributed by atoms with Crippen molar-refractivity contribution >= 4 is 28.9 Å². The van der Waals surface area contributed by atoms with Crippen molar-refractivity contribution in [2.45, 2.75) is 13.1 Å². The first kappa shape index (κ1) is 26.1. The fourth-order valence-corrected chi connectivity index (χ4v) is 4.16. The molecule has 2 aromatic carbocycles. The van der Waals surface area contributed by atoms with Crippen LogP contribution in [0.5, 0.6) is 0 Å². The number of rotatable bonds is 6. The Labute approximate surface area is 222 Å². The van der Waals surface area contributed by atoms with Crippen molar-refractivity contribution in [1.29, 1.82) is 0 Å². The highest BCUT2D eigenvalue weighted by Gasteiger charge is 2.32. The third-order valence-electron chi connectivity index (χ3n) is 6.24. The molecule has 3 heterocycles. The molecule has 0 bridgehead atoms. The van der Waals surface area contributed by atoms with Crippen molar-refractivity contribution < 1.29 is 22.7 Å². The first-order valence-corrected chi connectivity index (χ1v) is 12.2. The number of aryl methyl sites for hydroxylation is 1. The number of benzene rings is 2. The first-order chi connectivity index (χ1) is 18.8. The number of amides is 1. The number of anilines is 4. The van der Waals surface area contributed by atoms with E-state index in [1.807, 2.05) is 19.1 Å². The Morgan fingerprint density at radius 1 is 1.03 bits per heavy atom. The Morgan fingerprint density at radius 2 is 1.85 bits per heavy atom. The molecule has 1 amide bonds. The topological polar surface area (TPSA) is 92.3 Å². The maximum atomic E-state index is 13.6. The lowest BCUT2D eigenvalue weighted by Crippen LogP contribution is -2.36. The van der Waals surface area contributed by atoms with Crippen molar-refractivity contribution in [3.8, 4) is 11.3 Å². The molecule has 0 aliphatic carbocycles. The van der Waals surface area contributed by atoms with Gasteiger partial charge in [0.15, 0.2) is 0 Å². The van der Waals surface area contributed by atoms with Gasteiger partial charge in [-0.15, -0.1) is 0 Å². The van der Waals surface area contributed by atoms with Crippen LogP contribution in [0.2, 0.25) is 0 Å². The van der Waals surface area contributed by atoms with Crippen LogP contribution in [-0.4, -0.2) is 47.2 Å². The van der Waals surface area contributed by atoms with E-state index in [-0.39, 0.29) is 5.56 Å². The number of nitrogens with one attached hydrogen (secondary N) is 2. The van der Waals surface area contributed by atoms with Crippen molar-refractivity contribution in [3.05, 3.63) is 89.9 Å². The van der Waals surface area contributed by atoms with E-state index in [1.165, 1.54) is 6.07 Å². The Morgan fingerprint density at radius 3 is 2.59 bits per heavy atom. The number of morpholine rings is 1. The van der Waals surface area contributed by atoms with Crippen LogP contribution in [-0.2, 0) is 10.9 Å². The molecule has 0 spiro atoms. The van der Waals surface area contributed by atoms with Crippen molar-refractivity contribution in [1.82, 2.24) is 15.0 Å². The predicted octanol–water partition coefficient (Wildman–Crippen LogP) is 5.70. The minimum atomic E-state index is -4.59. The zero-order valence-corrected chi connectivity index (χ0v) is 21.0. The average Bonchev–Trinajstić information content (AvgIpc) is 2.95. The van der Waals surface area contributed by atoms with Gasteiger partial charge in [0, 0.05) is 59.9 Å². The van der Waals surface area contributed by atoms with Crippen LogP contribution in [0.4, 0.5) is 36.2 Å². The molecular formula is C28H25F3N6O2. The molecule has 0 saturated carbocycles. The molecule has 2 aromatic heterocycles. The van der Waals surface area contributed by atoms with Gasteiger partial charge in [-0.2, -0.15) is 13.2 Å². The highest BCUT2D eigenvalue weighted by atomic mass is 19.4. The SMILES string of the molecule is Cc1ccc(NC(=O)c2cc(N3CCOCC3)cc(C(F)(F)F)c2)cc1Nc1nccc(-c2cccnc2)n1. The summed E-state index contributed by atoms with van der Waals surface area (Å²) in [6.07, 6.45) is 0.405. The number of hydrogen-bond acceptors (Lipinski definition) is 7. The number of carbonyl (C=O) groups is 1. The number of ether oxygens (including phenoxy) is 1. The summed E-state index contributed by atoms with van der Waals surface area (Å²) in [5, 5.41) is 5.87. The maximum Gasteiger partial charge on any atom is 0.416 e. The zero-order valence-electron chi connectivity index (χ0n) is 21.0. The first-order valence-electron chi connectivity index (χ1n) is 12.2. The molecule has 11 heteroatoms. The van der Waals surface area contributed by atoms with Gasteiger partial charge in [-0.25, -0.2) is 9.97 Å². The summed E-state index contributed by atoms with van der Waals surface area (Å²) in [5.41, 5.74) is 2.77. The molecule has 1 aliphatic rings. The number of alkyl halides is 3. The van der Waals surface area contributed by atoms with Gasteiger partial charge in [-0.05, 0) is 61.0 Å². The van der Waals surface area contributed by atoms with E-state index in [0.717, 1.165) is 23.3 Å². The summed E-state index contributed by atoms with van der Waals surface area (Å²) in [6.45, 7) is 3.58. The van der Waals surface area contributed by atoms with Gasteiger partial charge in [0.25, 0.3) is 5.91 Å². The third kappa shape index (κ3) is 6.32. The molecule has 1 fully saturated rings. The summed E-state index contributed by atoms with van der Waals surface area (Å²) in [6, 6.07) is 14.0. The summed E-state index contributed by atoms with van der Waals surface area (Å²) >= 11 is 0. The fourth-order valence-electron chi connectivity index (χ4n) is 4.16. The van der Waals surface area contributed by atoms with E-state index in [1.54, 1.807) is 47.8 Å². The number of nitrogens with zero attached hydrogens (tertiary/aromatic N) is 4. The van der Waals surface area contributed by atoms with E-state index in [2.05, 4.69) is 25.6 Å². The number of carbonyl (C=O) groups excluding carboxylic acids is 1. The normalized spacial score (nSPS) is 13.7. The van der Waals surface area contributed by atoms with Gasteiger partial charge in [0.05, 0.1) is 24.5 Å². The van der Waals surface area contributed by atoms with E-state index >= 15 is 0 Å². The monoisotopic (exact) mass is 534 g/mol. The van der Waals surface area contributed by atoms with Crippen molar-refractivity contribution in [2.24, 2.45) is 0 Å².